The molecule has 0 spiro atoms. The minimum Gasteiger partial charge on any atom is -0.468 e. The Labute approximate surface area is 97.2 Å². The van der Waals surface area contributed by atoms with Gasteiger partial charge >= 0.3 is 5.97 Å². The molecule has 0 saturated carbocycles. The molecule has 0 N–H and O–H groups in total. The molecular formula is C10H7Cl2NO2. The van der Waals surface area contributed by atoms with Gasteiger partial charge in [0.25, 0.3) is 0 Å². The quantitative estimate of drug-likeness (QED) is 0.751. The summed E-state index contributed by atoms with van der Waals surface area (Å²) in [4.78, 5) is 11.2. The van der Waals surface area contributed by atoms with Gasteiger partial charge in [0.15, 0.2) is 5.92 Å². The molecule has 0 amide bonds. The van der Waals surface area contributed by atoms with Crippen LogP contribution in [0.4, 0.5) is 0 Å². The standard InChI is InChI=1S/C10H7Cl2NO2/c1-15-10(14)7(5-13)6-2-3-8(11)9(12)4-6/h2-4,7H,1H3. The average Bonchev–Trinajstić information content (AvgIpc) is 2.24. The molecule has 15 heavy (non-hydrogen) atoms. The van der Waals surface area contributed by atoms with Crippen molar-refractivity contribution < 1.29 is 9.53 Å². The van der Waals surface area contributed by atoms with Crippen LogP contribution in [0.25, 0.3) is 0 Å². The second kappa shape index (κ2) is 5.01. The third-order valence-electron chi connectivity index (χ3n) is 1.84. The summed E-state index contributed by atoms with van der Waals surface area (Å²) in [6.07, 6.45) is 0. The van der Waals surface area contributed by atoms with E-state index in [1.54, 1.807) is 6.07 Å². The van der Waals surface area contributed by atoms with Crippen LogP contribution < -0.4 is 0 Å². The number of ether oxygens (including phenoxy) is 1. The summed E-state index contributed by atoms with van der Waals surface area (Å²) in [6, 6.07) is 6.42. The van der Waals surface area contributed by atoms with Crippen molar-refractivity contribution in [1.29, 1.82) is 5.26 Å². The van der Waals surface area contributed by atoms with E-state index in [2.05, 4.69) is 4.74 Å². The normalized spacial score (nSPS) is 11.6. The van der Waals surface area contributed by atoms with E-state index >= 15 is 0 Å². The van der Waals surface area contributed by atoms with Crippen LogP contribution in [-0.2, 0) is 9.53 Å². The molecule has 78 valence electrons. The first kappa shape index (κ1) is 11.8. The first-order chi connectivity index (χ1) is 7.10. The van der Waals surface area contributed by atoms with E-state index in [1.165, 1.54) is 19.2 Å². The van der Waals surface area contributed by atoms with Gasteiger partial charge in [-0.3, -0.25) is 4.79 Å². The van der Waals surface area contributed by atoms with Gasteiger partial charge in [0.2, 0.25) is 0 Å². The van der Waals surface area contributed by atoms with Crippen molar-refractivity contribution in [2.24, 2.45) is 0 Å². The molecule has 0 aliphatic heterocycles. The van der Waals surface area contributed by atoms with Crippen molar-refractivity contribution in [2.75, 3.05) is 7.11 Å². The van der Waals surface area contributed by atoms with Gasteiger partial charge in [0.05, 0.1) is 23.2 Å². The molecule has 5 heteroatoms. The van der Waals surface area contributed by atoms with Gasteiger partial charge in [0.1, 0.15) is 0 Å². The zero-order valence-corrected chi connectivity index (χ0v) is 9.34. The Hall–Kier alpha value is -1.24. The van der Waals surface area contributed by atoms with Crippen LogP contribution in [0.1, 0.15) is 11.5 Å². The van der Waals surface area contributed by atoms with Crippen LogP contribution in [0, 0.1) is 11.3 Å². The lowest BCUT2D eigenvalue weighted by atomic mass is 10.0. The lowest BCUT2D eigenvalue weighted by Gasteiger charge is -2.07. The van der Waals surface area contributed by atoms with Gasteiger partial charge < -0.3 is 4.74 Å². The third kappa shape index (κ3) is 2.62. The van der Waals surface area contributed by atoms with Gasteiger partial charge in [-0.1, -0.05) is 29.3 Å². The minimum absolute atomic E-state index is 0.304. The van der Waals surface area contributed by atoms with E-state index in [4.69, 9.17) is 28.5 Å². The van der Waals surface area contributed by atoms with Crippen molar-refractivity contribution >= 4 is 29.2 Å². The Kier molecular flexibility index (Phi) is 3.96. The fourth-order valence-electron chi connectivity index (χ4n) is 1.07. The summed E-state index contributed by atoms with van der Waals surface area (Å²) >= 11 is 11.5. The molecule has 1 rings (SSSR count). The predicted molar refractivity (Wildman–Crippen MR) is 56.8 cm³/mol. The first-order valence-electron chi connectivity index (χ1n) is 4.02. The van der Waals surface area contributed by atoms with Gasteiger partial charge in [-0.15, -0.1) is 0 Å². The van der Waals surface area contributed by atoms with Crippen LogP contribution in [0.3, 0.4) is 0 Å². The Morgan fingerprint density at radius 1 is 1.47 bits per heavy atom. The Morgan fingerprint density at radius 3 is 2.60 bits per heavy atom. The number of carbonyl (C=O) groups is 1. The van der Waals surface area contributed by atoms with E-state index in [1.807, 2.05) is 6.07 Å². The molecule has 0 saturated heterocycles. The van der Waals surface area contributed by atoms with Crippen LogP contribution in [0.5, 0.6) is 0 Å². The monoisotopic (exact) mass is 243 g/mol. The van der Waals surface area contributed by atoms with Crippen LogP contribution in [0.2, 0.25) is 10.0 Å². The maximum Gasteiger partial charge on any atom is 0.327 e. The molecule has 0 fully saturated rings. The number of carbonyl (C=O) groups excluding carboxylic acids is 1. The highest BCUT2D eigenvalue weighted by molar-refractivity contribution is 6.42. The molecular weight excluding hydrogens is 237 g/mol. The zero-order chi connectivity index (χ0) is 11.4. The lowest BCUT2D eigenvalue weighted by molar-refractivity contribution is -0.140. The number of halogens is 2. The van der Waals surface area contributed by atoms with Gasteiger partial charge in [0, 0.05) is 0 Å². The van der Waals surface area contributed by atoms with E-state index in [9.17, 15) is 4.79 Å². The number of esters is 1. The number of methoxy groups -OCH3 is 1. The molecule has 3 nitrogen and oxygen atoms in total. The van der Waals surface area contributed by atoms with E-state index in [0.717, 1.165) is 0 Å². The number of rotatable bonds is 2. The molecule has 0 aliphatic carbocycles. The lowest BCUT2D eigenvalue weighted by Crippen LogP contribution is -2.12. The number of hydrogen-bond donors (Lipinski definition) is 0. The van der Waals surface area contributed by atoms with Crippen molar-refractivity contribution in [1.82, 2.24) is 0 Å². The molecule has 1 aromatic rings. The van der Waals surface area contributed by atoms with E-state index in [0.29, 0.717) is 15.6 Å². The van der Waals surface area contributed by atoms with Gasteiger partial charge in [-0.05, 0) is 17.7 Å². The van der Waals surface area contributed by atoms with Crippen LogP contribution in [-0.4, -0.2) is 13.1 Å². The fraction of sp³-hybridized carbons (Fsp3) is 0.200. The molecule has 1 aromatic carbocycles. The summed E-state index contributed by atoms with van der Waals surface area (Å²) in [6.45, 7) is 0. The van der Waals surface area contributed by atoms with Crippen LogP contribution >= 0.6 is 23.2 Å². The van der Waals surface area contributed by atoms with Gasteiger partial charge in [-0.25, -0.2) is 0 Å². The van der Waals surface area contributed by atoms with Gasteiger partial charge in [-0.2, -0.15) is 5.26 Å². The average molecular weight is 244 g/mol. The predicted octanol–water partition coefficient (Wildman–Crippen LogP) is 2.77. The molecule has 1 unspecified atom stereocenters. The summed E-state index contributed by atoms with van der Waals surface area (Å²) in [5.41, 5.74) is 0.471. The Balaban J connectivity index is 3.09. The second-order valence-corrected chi connectivity index (χ2v) is 3.57. The number of nitrogens with zero attached hydrogens (tertiary/aromatic N) is 1. The van der Waals surface area contributed by atoms with Crippen molar-refractivity contribution in [2.45, 2.75) is 5.92 Å². The Morgan fingerprint density at radius 2 is 2.13 bits per heavy atom. The zero-order valence-electron chi connectivity index (χ0n) is 7.83. The van der Waals surface area contributed by atoms with E-state index < -0.39 is 11.9 Å². The molecule has 0 bridgehead atoms. The maximum atomic E-state index is 11.2. The first-order valence-corrected chi connectivity index (χ1v) is 4.78. The fourth-order valence-corrected chi connectivity index (χ4v) is 1.38. The highest BCUT2D eigenvalue weighted by Gasteiger charge is 2.21. The molecule has 0 heterocycles. The van der Waals surface area contributed by atoms with Crippen LogP contribution in [0.15, 0.2) is 18.2 Å². The maximum absolute atomic E-state index is 11.2. The SMILES string of the molecule is COC(=O)C(C#N)c1ccc(Cl)c(Cl)c1. The highest BCUT2D eigenvalue weighted by Crippen LogP contribution is 2.26. The van der Waals surface area contributed by atoms with Crippen molar-refractivity contribution in [3.63, 3.8) is 0 Å². The largest absolute Gasteiger partial charge is 0.468 e. The second-order valence-electron chi connectivity index (χ2n) is 2.76. The highest BCUT2D eigenvalue weighted by atomic mass is 35.5. The smallest absolute Gasteiger partial charge is 0.327 e. The van der Waals surface area contributed by atoms with E-state index in [-0.39, 0.29) is 0 Å². The Bertz CT molecular complexity index is 426. The number of nitriles is 1. The molecule has 0 aromatic heterocycles. The summed E-state index contributed by atoms with van der Waals surface area (Å²) < 4.78 is 4.49. The summed E-state index contributed by atoms with van der Waals surface area (Å²) in [5.74, 6) is -1.58. The topological polar surface area (TPSA) is 50.1 Å². The van der Waals surface area contributed by atoms with Crippen molar-refractivity contribution in [3.8, 4) is 6.07 Å². The van der Waals surface area contributed by atoms with Crippen molar-refractivity contribution in [3.05, 3.63) is 33.8 Å². The summed E-state index contributed by atoms with van der Waals surface area (Å²) in [5, 5.41) is 9.50. The number of benzene rings is 1. The molecule has 0 radical (unpaired) electrons. The minimum atomic E-state index is -0.968. The third-order valence-corrected chi connectivity index (χ3v) is 2.58. The molecule has 1 atom stereocenters. The molecule has 0 aliphatic rings. The summed E-state index contributed by atoms with van der Waals surface area (Å²) in [7, 11) is 1.23. The number of hydrogen-bond acceptors (Lipinski definition) is 3.